The molecule has 8 nitrogen and oxygen atoms in total. The summed E-state index contributed by atoms with van der Waals surface area (Å²) in [6, 6.07) is 15.2. The van der Waals surface area contributed by atoms with E-state index in [1.807, 2.05) is 0 Å². The lowest BCUT2D eigenvalue weighted by Gasteiger charge is -2.08. The summed E-state index contributed by atoms with van der Waals surface area (Å²) in [5.74, 6) is 0.497. The van der Waals surface area contributed by atoms with Gasteiger partial charge in [0.15, 0.2) is 0 Å². The van der Waals surface area contributed by atoms with Gasteiger partial charge in [-0.25, -0.2) is 9.97 Å². The summed E-state index contributed by atoms with van der Waals surface area (Å²) in [4.78, 5) is 35.5. The van der Waals surface area contributed by atoms with Crippen molar-refractivity contribution in [1.82, 2.24) is 15.0 Å². The highest BCUT2D eigenvalue weighted by Crippen LogP contribution is 2.18. The second kappa shape index (κ2) is 7.58. The Labute approximate surface area is 159 Å². The maximum Gasteiger partial charge on any atom is 0.261 e. The fourth-order valence-electron chi connectivity index (χ4n) is 2.56. The van der Waals surface area contributed by atoms with Crippen LogP contribution in [0.1, 0.15) is 10.4 Å². The number of nitrogens with zero attached hydrogens (tertiary/aromatic N) is 2. The number of rotatable bonds is 5. The Balaban J connectivity index is 1.45. The number of carbonyl (C=O) groups is 1. The molecule has 4 aromatic rings. The van der Waals surface area contributed by atoms with E-state index < -0.39 is 11.5 Å². The standard InChI is InChI=1S/C20H15N5O3/c26-18(15-8-9-16(25-19(15)27)17-3-1-12-28-17)23-13-4-6-14(7-5-13)24-20-21-10-2-11-22-20/h1-12H,(H,23,26)(H,25,27)(H,21,22,24). The number of benzene rings is 1. The van der Waals surface area contributed by atoms with Crippen LogP contribution in [0.25, 0.3) is 11.5 Å². The van der Waals surface area contributed by atoms with E-state index in [2.05, 4.69) is 25.6 Å². The molecule has 28 heavy (non-hydrogen) atoms. The molecule has 3 N–H and O–H groups in total. The first-order valence-electron chi connectivity index (χ1n) is 8.42. The summed E-state index contributed by atoms with van der Waals surface area (Å²) < 4.78 is 5.24. The van der Waals surface area contributed by atoms with Crippen molar-refractivity contribution >= 4 is 23.2 Å². The average Bonchev–Trinajstić information content (AvgIpc) is 3.25. The highest BCUT2D eigenvalue weighted by atomic mass is 16.3. The number of nitrogens with one attached hydrogen (secondary N) is 3. The quantitative estimate of drug-likeness (QED) is 0.494. The molecule has 3 aromatic heterocycles. The average molecular weight is 373 g/mol. The van der Waals surface area contributed by atoms with Gasteiger partial charge in [-0.15, -0.1) is 0 Å². The van der Waals surface area contributed by atoms with Gasteiger partial charge in [0.2, 0.25) is 5.95 Å². The Hall–Kier alpha value is -4.20. The van der Waals surface area contributed by atoms with Crippen LogP contribution in [0.3, 0.4) is 0 Å². The second-order valence-electron chi connectivity index (χ2n) is 5.82. The maximum absolute atomic E-state index is 12.4. The van der Waals surface area contributed by atoms with Crippen molar-refractivity contribution in [3.8, 4) is 11.5 Å². The lowest BCUT2D eigenvalue weighted by Crippen LogP contribution is -2.23. The minimum atomic E-state index is -0.501. The minimum Gasteiger partial charge on any atom is -0.463 e. The van der Waals surface area contributed by atoms with Gasteiger partial charge in [-0.3, -0.25) is 9.59 Å². The van der Waals surface area contributed by atoms with E-state index in [0.717, 1.165) is 5.69 Å². The van der Waals surface area contributed by atoms with Gasteiger partial charge in [-0.1, -0.05) is 0 Å². The first-order chi connectivity index (χ1) is 13.7. The molecule has 1 amide bonds. The highest BCUT2D eigenvalue weighted by molar-refractivity contribution is 6.04. The Bertz CT molecular complexity index is 1140. The molecule has 0 aliphatic carbocycles. The predicted octanol–water partition coefficient (Wildman–Crippen LogP) is 3.42. The number of pyridine rings is 1. The molecule has 0 bridgehead atoms. The molecule has 0 fully saturated rings. The van der Waals surface area contributed by atoms with Gasteiger partial charge in [-0.2, -0.15) is 0 Å². The van der Waals surface area contributed by atoms with Crippen molar-refractivity contribution in [2.75, 3.05) is 10.6 Å². The molecule has 4 rings (SSSR count). The molecule has 8 heteroatoms. The van der Waals surface area contributed by atoms with Gasteiger partial charge >= 0.3 is 0 Å². The number of aromatic amines is 1. The van der Waals surface area contributed by atoms with Gasteiger partial charge in [0.25, 0.3) is 11.5 Å². The van der Waals surface area contributed by atoms with Crippen LogP contribution in [0.5, 0.6) is 0 Å². The lowest BCUT2D eigenvalue weighted by atomic mass is 10.2. The third-order valence-electron chi connectivity index (χ3n) is 3.91. The number of hydrogen-bond acceptors (Lipinski definition) is 6. The van der Waals surface area contributed by atoms with Crippen LogP contribution in [0.15, 0.2) is 82.5 Å². The normalized spacial score (nSPS) is 10.4. The van der Waals surface area contributed by atoms with Crippen LogP contribution in [0.4, 0.5) is 17.3 Å². The van der Waals surface area contributed by atoms with E-state index in [4.69, 9.17) is 4.42 Å². The molecule has 0 saturated heterocycles. The molecule has 0 saturated carbocycles. The summed E-state index contributed by atoms with van der Waals surface area (Å²) in [6.07, 6.45) is 4.79. The number of H-pyrrole nitrogens is 1. The Kier molecular flexibility index (Phi) is 4.67. The number of amides is 1. The molecule has 0 radical (unpaired) electrons. The van der Waals surface area contributed by atoms with Crippen LogP contribution in [0, 0.1) is 0 Å². The van der Waals surface area contributed by atoms with E-state index in [1.165, 1.54) is 12.3 Å². The SMILES string of the molecule is O=C(Nc1ccc(Nc2ncccn2)cc1)c1ccc(-c2ccco2)[nH]c1=O. The molecule has 0 aliphatic heterocycles. The summed E-state index contributed by atoms with van der Waals surface area (Å²) in [5.41, 5.74) is 1.34. The van der Waals surface area contributed by atoms with Crippen molar-refractivity contribution in [2.45, 2.75) is 0 Å². The van der Waals surface area contributed by atoms with E-state index in [1.54, 1.807) is 60.9 Å². The van der Waals surface area contributed by atoms with Crippen LogP contribution < -0.4 is 16.2 Å². The van der Waals surface area contributed by atoms with Crippen molar-refractivity contribution < 1.29 is 9.21 Å². The topological polar surface area (TPSA) is 113 Å². The molecular formula is C20H15N5O3. The number of anilines is 3. The molecule has 0 unspecified atom stereocenters. The molecule has 0 atom stereocenters. The van der Waals surface area contributed by atoms with Crippen molar-refractivity contribution in [3.63, 3.8) is 0 Å². The van der Waals surface area contributed by atoms with Crippen molar-refractivity contribution in [1.29, 1.82) is 0 Å². The minimum absolute atomic E-state index is 0.00944. The van der Waals surface area contributed by atoms with E-state index in [0.29, 0.717) is 23.1 Å². The van der Waals surface area contributed by atoms with E-state index in [-0.39, 0.29) is 5.56 Å². The third kappa shape index (κ3) is 3.80. The Morgan fingerprint density at radius 1 is 0.929 bits per heavy atom. The monoisotopic (exact) mass is 373 g/mol. The predicted molar refractivity (Wildman–Crippen MR) is 104 cm³/mol. The second-order valence-corrected chi connectivity index (χ2v) is 5.82. The number of carbonyl (C=O) groups excluding carboxylic acids is 1. The van der Waals surface area contributed by atoms with Gasteiger partial charge in [-0.05, 0) is 54.6 Å². The zero-order valence-corrected chi connectivity index (χ0v) is 14.5. The molecule has 138 valence electrons. The lowest BCUT2D eigenvalue weighted by molar-refractivity contribution is 0.102. The summed E-state index contributed by atoms with van der Waals surface area (Å²) in [5, 5.41) is 5.75. The Morgan fingerprint density at radius 2 is 1.68 bits per heavy atom. The van der Waals surface area contributed by atoms with Crippen LogP contribution >= 0.6 is 0 Å². The largest absolute Gasteiger partial charge is 0.463 e. The third-order valence-corrected chi connectivity index (χ3v) is 3.91. The fraction of sp³-hybridized carbons (Fsp3) is 0. The Morgan fingerprint density at radius 3 is 2.36 bits per heavy atom. The zero-order chi connectivity index (χ0) is 19.3. The molecule has 0 spiro atoms. The first kappa shape index (κ1) is 17.2. The van der Waals surface area contributed by atoms with Gasteiger partial charge in [0.05, 0.1) is 12.0 Å². The number of furan rings is 1. The molecule has 1 aromatic carbocycles. The van der Waals surface area contributed by atoms with E-state index >= 15 is 0 Å². The first-order valence-corrected chi connectivity index (χ1v) is 8.42. The summed E-state index contributed by atoms with van der Waals surface area (Å²) >= 11 is 0. The van der Waals surface area contributed by atoms with Crippen molar-refractivity contribution in [2.24, 2.45) is 0 Å². The van der Waals surface area contributed by atoms with Crippen LogP contribution in [0.2, 0.25) is 0 Å². The summed E-state index contributed by atoms with van der Waals surface area (Å²) in [7, 11) is 0. The van der Waals surface area contributed by atoms with Crippen LogP contribution in [-0.2, 0) is 0 Å². The van der Waals surface area contributed by atoms with Gasteiger partial charge in [0.1, 0.15) is 11.3 Å². The van der Waals surface area contributed by atoms with Gasteiger partial charge < -0.3 is 20.0 Å². The zero-order valence-electron chi connectivity index (χ0n) is 14.5. The fourth-order valence-corrected chi connectivity index (χ4v) is 2.56. The van der Waals surface area contributed by atoms with Crippen molar-refractivity contribution in [3.05, 3.63) is 89.2 Å². The molecule has 0 aliphatic rings. The molecule has 3 heterocycles. The van der Waals surface area contributed by atoms with Gasteiger partial charge in [0, 0.05) is 23.8 Å². The highest BCUT2D eigenvalue weighted by Gasteiger charge is 2.12. The maximum atomic E-state index is 12.4. The number of aromatic nitrogens is 3. The summed E-state index contributed by atoms with van der Waals surface area (Å²) in [6.45, 7) is 0. The van der Waals surface area contributed by atoms with E-state index in [9.17, 15) is 9.59 Å². The van der Waals surface area contributed by atoms with Crippen LogP contribution in [-0.4, -0.2) is 20.9 Å². The molecular weight excluding hydrogens is 358 g/mol. The smallest absolute Gasteiger partial charge is 0.261 e. The number of hydrogen-bond donors (Lipinski definition) is 3.